The Labute approximate surface area is 110 Å². The van der Waals surface area contributed by atoms with Gasteiger partial charge in [0.05, 0.1) is 10.6 Å². The van der Waals surface area contributed by atoms with Crippen LogP contribution in [0.25, 0.3) is 0 Å². The number of rotatable bonds is 4. The van der Waals surface area contributed by atoms with E-state index in [1.54, 1.807) is 19.1 Å². The Morgan fingerprint density at radius 1 is 1.44 bits per heavy atom. The molecule has 0 atom stereocenters. The Bertz CT molecular complexity index is 509. The van der Waals surface area contributed by atoms with E-state index in [-0.39, 0.29) is 16.5 Å². The highest BCUT2D eigenvalue weighted by Gasteiger charge is 2.11. The van der Waals surface area contributed by atoms with Gasteiger partial charge in [0.15, 0.2) is 0 Å². The highest BCUT2D eigenvalue weighted by Crippen LogP contribution is 2.21. The molecule has 0 aliphatic heterocycles. The fourth-order valence-electron chi connectivity index (χ4n) is 1.40. The van der Waals surface area contributed by atoms with Gasteiger partial charge in [-0.05, 0) is 31.5 Å². The lowest BCUT2D eigenvalue weighted by Crippen LogP contribution is -2.13. The van der Waals surface area contributed by atoms with Crippen molar-refractivity contribution in [3.05, 3.63) is 40.4 Å². The smallest absolute Gasteiger partial charge is 0.337 e. The lowest BCUT2D eigenvalue weighted by Gasteiger charge is -2.07. The molecule has 0 radical (unpaired) electrons. The average Bonchev–Trinajstić information content (AvgIpc) is 2.31. The van der Waals surface area contributed by atoms with Crippen LogP contribution in [0.5, 0.6) is 0 Å². The van der Waals surface area contributed by atoms with Gasteiger partial charge in [0.2, 0.25) is 0 Å². The maximum Gasteiger partial charge on any atom is 0.337 e. The van der Waals surface area contributed by atoms with Crippen LogP contribution in [-0.4, -0.2) is 17.0 Å². The first kappa shape index (κ1) is 14.3. The topological polar surface area (TPSA) is 66.4 Å². The van der Waals surface area contributed by atoms with Crippen LogP contribution in [0, 0.1) is 0 Å². The fraction of sp³-hybridized carbons (Fsp3) is 0.231. The predicted octanol–water partition coefficient (Wildman–Crippen LogP) is 3.33. The molecule has 0 aliphatic rings. The van der Waals surface area contributed by atoms with Gasteiger partial charge >= 0.3 is 5.97 Å². The molecule has 0 unspecified atom stereocenters. The van der Waals surface area contributed by atoms with E-state index in [4.69, 9.17) is 16.7 Å². The standard InChI is InChI=1S/C13H14ClNO3/c1-3-4-8(2)12(16)15-9-5-6-11(14)10(7-9)13(17)18/h4-7H,3H2,1-2H3,(H,15,16)(H,17,18)/b8-4+. The SMILES string of the molecule is CC/C=C(\C)C(=O)Nc1ccc(Cl)c(C(=O)O)c1. The van der Waals surface area contributed by atoms with Crippen molar-refractivity contribution in [2.45, 2.75) is 20.3 Å². The Balaban J connectivity index is 2.93. The van der Waals surface area contributed by atoms with E-state index in [1.165, 1.54) is 12.1 Å². The van der Waals surface area contributed by atoms with E-state index in [0.29, 0.717) is 11.3 Å². The predicted molar refractivity (Wildman–Crippen MR) is 71.1 cm³/mol. The Hall–Kier alpha value is -1.81. The number of carbonyl (C=O) groups is 2. The van der Waals surface area contributed by atoms with Crippen LogP contribution in [0.3, 0.4) is 0 Å². The third-order valence-corrected chi connectivity index (χ3v) is 2.65. The number of nitrogens with one attached hydrogen (secondary N) is 1. The summed E-state index contributed by atoms with van der Waals surface area (Å²) in [5.74, 6) is -1.38. The van der Waals surface area contributed by atoms with Crippen molar-refractivity contribution >= 4 is 29.2 Å². The molecule has 1 aromatic rings. The second-order valence-electron chi connectivity index (χ2n) is 3.75. The molecule has 96 valence electrons. The van der Waals surface area contributed by atoms with Gasteiger partial charge in [-0.15, -0.1) is 0 Å². The quantitative estimate of drug-likeness (QED) is 0.822. The Morgan fingerprint density at radius 2 is 2.11 bits per heavy atom. The normalized spacial score (nSPS) is 11.2. The van der Waals surface area contributed by atoms with Gasteiger partial charge in [-0.25, -0.2) is 4.79 Å². The van der Waals surface area contributed by atoms with E-state index in [9.17, 15) is 9.59 Å². The van der Waals surface area contributed by atoms with E-state index < -0.39 is 5.97 Å². The van der Waals surface area contributed by atoms with Gasteiger partial charge in [-0.1, -0.05) is 24.6 Å². The third-order valence-electron chi connectivity index (χ3n) is 2.32. The van der Waals surface area contributed by atoms with Gasteiger partial charge in [-0.3, -0.25) is 4.79 Å². The summed E-state index contributed by atoms with van der Waals surface area (Å²) < 4.78 is 0. The minimum Gasteiger partial charge on any atom is -0.478 e. The molecule has 4 nitrogen and oxygen atoms in total. The molecule has 18 heavy (non-hydrogen) atoms. The van der Waals surface area contributed by atoms with Crippen LogP contribution < -0.4 is 5.32 Å². The van der Waals surface area contributed by atoms with Crippen molar-refractivity contribution < 1.29 is 14.7 Å². The number of hydrogen-bond acceptors (Lipinski definition) is 2. The van der Waals surface area contributed by atoms with Gasteiger partial charge in [0, 0.05) is 11.3 Å². The average molecular weight is 268 g/mol. The highest BCUT2D eigenvalue weighted by molar-refractivity contribution is 6.33. The minimum atomic E-state index is -1.13. The van der Waals surface area contributed by atoms with E-state index in [2.05, 4.69) is 5.32 Å². The third kappa shape index (κ3) is 3.60. The zero-order chi connectivity index (χ0) is 13.7. The lowest BCUT2D eigenvalue weighted by molar-refractivity contribution is -0.112. The highest BCUT2D eigenvalue weighted by atomic mass is 35.5. The van der Waals surface area contributed by atoms with Crippen molar-refractivity contribution in [3.63, 3.8) is 0 Å². The molecule has 1 amide bonds. The van der Waals surface area contributed by atoms with Crippen LogP contribution in [0.2, 0.25) is 5.02 Å². The molecular formula is C13H14ClNO3. The Morgan fingerprint density at radius 3 is 2.67 bits per heavy atom. The molecule has 0 aromatic heterocycles. The molecule has 1 rings (SSSR count). The maximum atomic E-state index is 11.7. The van der Waals surface area contributed by atoms with E-state index >= 15 is 0 Å². The van der Waals surface area contributed by atoms with Crippen molar-refractivity contribution in [2.24, 2.45) is 0 Å². The number of aromatic carboxylic acids is 1. The summed E-state index contributed by atoms with van der Waals surface area (Å²) in [5, 5.41) is 11.7. The lowest BCUT2D eigenvalue weighted by atomic mass is 10.2. The van der Waals surface area contributed by atoms with Gasteiger partial charge in [0.1, 0.15) is 0 Å². The zero-order valence-electron chi connectivity index (χ0n) is 10.2. The van der Waals surface area contributed by atoms with Crippen molar-refractivity contribution in [3.8, 4) is 0 Å². The summed E-state index contributed by atoms with van der Waals surface area (Å²) in [5.41, 5.74) is 0.960. The second-order valence-corrected chi connectivity index (χ2v) is 4.16. The first-order valence-electron chi connectivity index (χ1n) is 5.46. The molecule has 5 heteroatoms. The van der Waals surface area contributed by atoms with Crippen LogP contribution in [-0.2, 0) is 4.79 Å². The molecular weight excluding hydrogens is 254 g/mol. The number of amides is 1. The number of benzene rings is 1. The number of carboxylic acids is 1. The summed E-state index contributed by atoms with van der Waals surface area (Å²) in [6.07, 6.45) is 2.56. The van der Waals surface area contributed by atoms with Gasteiger partial charge in [-0.2, -0.15) is 0 Å². The second kappa shape index (κ2) is 6.21. The van der Waals surface area contributed by atoms with Gasteiger partial charge in [0.25, 0.3) is 5.91 Å². The van der Waals surface area contributed by atoms with Crippen molar-refractivity contribution in [2.75, 3.05) is 5.32 Å². The van der Waals surface area contributed by atoms with Crippen LogP contribution >= 0.6 is 11.6 Å². The van der Waals surface area contributed by atoms with Gasteiger partial charge < -0.3 is 10.4 Å². The minimum absolute atomic E-state index is 0.0356. The van der Waals surface area contributed by atoms with Crippen LogP contribution in [0.4, 0.5) is 5.69 Å². The number of allylic oxidation sites excluding steroid dienone is 1. The number of halogens is 1. The zero-order valence-corrected chi connectivity index (χ0v) is 10.9. The van der Waals surface area contributed by atoms with Crippen LogP contribution in [0.1, 0.15) is 30.6 Å². The van der Waals surface area contributed by atoms with Crippen molar-refractivity contribution in [1.29, 1.82) is 0 Å². The number of carboxylic acid groups (broad SMARTS) is 1. The summed E-state index contributed by atoms with van der Waals surface area (Å²) in [6, 6.07) is 4.34. The summed E-state index contributed by atoms with van der Waals surface area (Å²) in [7, 11) is 0. The maximum absolute atomic E-state index is 11.7. The summed E-state index contributed by atoms with van der Waals surface area (Å²) >= 11 is 5.74. The molecule has 0 bridgehead atoms. The van der Waals surface area contributed by atoms with Crippen molar-refractivity contribution in [1.82, 2.24) is 0 Å². The first-order chi connectivity index (χ1) is 8.45. The fourth-order valence-corrected chi connectivity index (χ4v) is 1.59. The first-order valence-corrected chi connectivity index (χ1v) is 5.84. The molecule has 0 fully saturated rings. The number of hydrogen-bond donors (Lipinski definition) is 2. The van der Waals surface area contributed by atoms with Crippen LogP contribution in [0.15, 0.2) is 29.8 Å². The van der Waals surface area contributed by atoms with E-state index in [0.717, 1.165) is 6.42 Å². The molecule has 0 heterocycles. The summed E-state index contributed by atoms with van der Waals surface area (Å²) in [6.45, 7) is 3.63. The summed E-state index contributed by atoms with van der Waals surface area (Å²) in [4.78, 5) is 22.6. The number of anilines is 1. The molecule has 0 saturated carbocycles. The Kier molecular flexibility index (Phi) is 4.92. The molecule has 2 N–H and O–H groups in total. The van der Waals surface area contributed by atoms with E-state index in [1.807, 2.05) is 6.92 Å². The molecule has 0 aliphatic carbocycles. The number of carbonyl (C=O) groups excluding carboxylic acids is 1. The largest absolute Gasteiger partial charge is 0.478 e. The monoisotopic (exact) mass is 267 g/mol. The molecule has 1 aromatic carbocycles. The molecule has 0 spiro atoms. The molecule has 0 saturated heterocycles.